The Kier molecular flexibility index (Phi) is 5.14. The molecular weight excluding hydrogens is 356 g/mol. The van der Waals surface area contributed by atoms with Crippen LogP contribution >= 0.6 is 11.6 Å². The third kappa shape index (κ3) is 3.23. The molecular formula is C19H17ClN2O4. The van der Waals surface area contributed by atoms with Gasteiger partial charge in [0.1, 0.15) is 0 Å². The summed E-state index contributed by atoms with van der Waals surface area (Å²) in [6.07, 6.45) is 3.13. The van der Waals surface area contributed by atoms with E-state index < -0.39 is 0 Å². The second-order valence-electron chi connectivity index (χ2n) is 5.37. The number of ketones is 1. The van der Waals surface area contributed by atoms with Gasteiger partial charge in [0.15, 0.2) is 17.3 Å². The molecule has 0 aliphatic rings. The van der Waals surface area contributed by atoms with E-state index in [1.807, 2.05) is 18.2 Å². The predicted molar refractivity (Wildman–Crippen MR) is 98.1 cm³/mol. The van der Waals surface area contributed by atoms with E-state index in [9.17, 15) is 4.79 Å². The molecule has 0 aliphatic carbocycles. The first kappa shape index (κ1) is 17.8. The summed E-state index contributed by atoms with van der Waals surface area (Å²) in [5, 5.41) is 4.78. The molecule has 0 N–H and O–H groups in total. The fourth-order valence-electron chi connectivity index (χ4n) is 2.59. The molecule has 0 saturated heterocycles. The van der Waals surface area contributed by atoms with Crippen LogP contribution in [0.15, 0.2) is 48.8 Å². The van der Waals surface area contributed by atoms with Gasteiger partial charge in [-0.25, -0.2) is 4.68 Å². The number of rotatable bonds is 6. The maximum atomic E-state index is 12.9. The van der Waals surface area contributed by atoms with Crippen LogP contribution in [0.4, 0.5) is 0 Å². The van der Waals surface area contributed by atoms with Crippen LogP contribution in [-0.2, 0) is 0 Å². The zero-order chi connectivity index (χ0) is 18.7. The maximum absolute atomic E-state index is 12.9. The molecule has 0 aliphatic heterocycles. The maximum Gasteiger partial charge on any atom is 0.203 e. The van der Waals surface area contributed by atoms with Crippen molar-refractivity contribution in [3.63, 3.8) is 0 Å². The molecule has 2 aromatic carbocycles. The monoisotopic (exact) mass is 372 g/mol. The van der Waals surface area contributed by atoms with E-state index in [2.05, 4.69) is 5.10 Å². The smallest absolute Gasteiger partial charge is 0.203 e. The zero-order valence-electron chi connectivity index (χ0n) is 14.5. The van der Waals surface area contributed by atoms with Crippen LogP contribution < -0.4 is 14.2 Å². The van der Waals surface area contributed by atoms with Crippen molar-refractivity contribution in [2.45, 2.75) is 0 Å². The van der Waals surface area contributed by atoms with Crippen molar-refractivity contribution in [3.05, 3.63) is 64.9 Å². The molecule has 0 amide bonds. The standard InChI is InChI=1S/C19H17ClN2O4/c1-24-16-8-12(9-17(25-2)19(16)26-3)18(23)13-10-21-22(11-13)15-7-5-4-6-14(15)20/h4-11H,1-3H3. The minimum atomic E-state index is -0.220. The van der Waals surface area contributed by atoms with Crippen molar-refractivity contribution in [2.75, 3.05) is 21.3 Å². The number of ether oxygens (including phenoxy) is 3. The van der Waals surface area contributed by atoms with Gasteiger partial charge in [0.25, 0.3) is 0 Å². The van der Waals surface area contributed by atoms with Gasteiger partial charge in [-0.1, -0.05) is 23.7 Å². The average molecular weight is 373 g/mol. The lowest BCUT2D eigenvalue weighted by Gasteiger charge is -2.13. The molecule has 0 bridgehead atoms. The number of hydrogen-bond acceptors (Lipinski definition) is 5. The summed E-state index contributed by atoms with van der Waals surface area (Å²) < 4.78 is 17.4. The van der Waals surface area contributed by atoms with Gasteiger partial charge >= 0.3 is 0 Å². The van der Waals surface area contributed by atoms with Crippen LogP contribution in [0.1, 0.15) is 15.9 Å². The lowest BCUT2D eigenvalue weighted by Crippen LogP contribution is -2.03. The molecule has 26 heavy (non-hydrogen) atoms. The molecule has 3 rings (SSSR count). The van der Waals surface area contributed by atoms with E-state index in [1.165, 1.54) is 27.5 Å². The Labute approximate surface area is 155 Å². The second-order valence-corrected chi connectivity index (χ2v) is 5.78. The molecule has 0 radical (unpaired) electrons. The Morgan fingerprint density at radius 1 is 1.00 bits per heavy atom. The largest absolute Gasteiger partial charge is 0.493 e. The summed E-state index contributed by atoms with van der Waals surface area (Å²) >= 11 is 6.18. The molecule has 134 valence electrons. The van der Waals surface area contributed by atoms with E-state index >= 15 is 0 Å². The first-order valence-corrected chi connectivity index (χ1v) is 8.11. The summed E-state index contributed by atoms with van der Waals surface area (Å²) in [6, 6.07) is 10.5. The molecule has 0 atom stereocenters. The van der Waals surface area contributed by atoms with Crippen molar-refractivity contribution >= 4 is 17.4 Å². The van der Waals surface area contributed by atoms with Gasteiger partial charge in [-0.3, -0.25) is 4.79 Å². The topological polar surface area (TPSA) is 62.6 Å². The lowest BCUT2D eigenvalue weighted by molar-refractivity contribution is 0.103. The van der Waals surface area contributed by atoms with E-state index in [1.54, 1.807) is 29.1 Å². The lowest BCUT2D eigenvalue weighted by atomic mass is 10.1. The number of halogens is 1. The number of nitrogens with zero attached hydrogens (tertiary/aromatic N) is 2. The fourth-order valence-corrected chi connectivity index (χ4v) is 2.81. The van der Waals surface area contributed by atoms with Gasteiger partial charge < -0.3 is 14.2 Å². The van der Waals surface area contributed by atoms with Gasteiger partial charge in [0, 0.05) is 11.8 Å². The van der Waals surface area contributed by atoms with Crippen LogP contribution in [0.2, 0.25) is 5.02 Å². The van der Waals surface area contributed by atoms with Gasteiger partial charge in [0.2, 0.25) is 5.75 Å². The number of aromatic nitrogens is 2. The van der Waals surface area contributed by atoms with Crippen LogP contribution in [-0.4, -0.2) is 36.9 Å². The highest BCUT2D eigenvalue weighted by molar-refractivity contribution is 6.32. The van der Waals surface area contributed by atoms with Crippen LogP contribution in [0.5, 0.6) is 17.2 Å². The molecule has 0 saturated carbocycles. The van der Waals surface area contributed by atoms with E-state index in [-0.39, 0.29) is 5.78 Å². The number of hydrogen-bond donors (Lipinski definition) is 0. The Morgan fingerprint density at radius 3 is 2.23 bits per heavy atom. The number of benzene rings is 2. The van der Waals surface area contributed by atoms with Crippen molar-refractivity contribution in [1.82, 2.24) is 9.78 Å². The Morgan fingerprint density at radius 2 is 1.65 bits per heavy atom. The van der Waals surface area contributed by atoms with Crippen molar-refractivity contribution in [1.29, 1.82) is 0 Å². The highest BCUT2D eigenvalue weighted by Gasteiger charge is 2.19. The van der Waals surface area contributed by atoms with Crippen LogP contribution in [0.3, 0.4) is 0 Å². The average Bonchev–Trinajstić information content (AvgIpc) is 3.16. The number of carbonyl (C=O) groups is 1. The molecule has 0 unspecified atom stereocenters. The molecule has 1 heterocycles. The second kappa shape index (κ2) is 7.49. The summed E-state index contributed by atoms with van der Waals surface area (Å²) in [6.45, 7) is 0. The van der Waals surface area contributed by atoms with Gasteiger partial charge in [-0.15, -0.1) is 0 Å². The Hall–Kier alpha value is -2.99. The first-order chi connectivity index (χ1) is 12.6. The SMILES string of the molecule is COc1cc(C(=O)c2cnn(-c3ccccc3Cl)c2)cc(OC)c1OC. The molecule has 3 aromatic rings. The van der Waals surface area contributed by atoms with Crippen molar-refractivity contribution < 1.29 is 19.0 Å². The molecule has 6 nitrogen and oxygen atoms in total. The summed E-state index contributed by atoms with van der Waals surface area (Å²) in [5.74, 6) is 1.03. The summed E-state index contributed by atoms with van der Waals surface area (Å²) in [7, 11) is 4.51. The van der Waals surface area contributed by atoms with Gasteiger partial charge in [-0.2, -0.15) is 5.10 Å². The highest BCUT2D eigenvalue weighted by Crippen LogP contribution is 2.38. The van der Waals surface area contributed by atoms with E-state index in [4.69, 9.17) is 25.8 Å². The van der Waals surface area contributed by atoms with Crippen LogP contribution in [0.25, 0.3) is 5.69 Å². The fraction of sp³-hybridized carbons (Fsp3) is 0.158. The van der Waals surface area contributed by atoms with Gasteiger partial charge in [0.05, 0.1) is 43.8 Å². The van der Waals surface area contributed by atoms with Gasteiger partial charge in [-0.05, 0) is 24.3 Å². The third-order valence-corrected chi connectivity index (χ3v) is 4.19. The quantitative estimate of drug-likeness (QED) is 0.616. The van der Waals surface area contributed by atoms with Crippen molar-refractivity contribution in [3.8, 4) is 22.9 Å². The molecule has 0 fully saturated rings. The highest BCUT2D eigenvalue weighted by atomic mass is 35.5. The van der Waals surface area contributed by atoms with E-state index in [0.717, 1.165) is 0 Å². The van der Waals surface area contributed by atoms with E-state index in [0.29, 0.717) is 39.1 Å². The summed E-state index contributed by atoms with van der Waals surface area (Å²) in [4.78, 5) is 12.9. The molecule has 1 aromatic heterocycles. The molecule has 0 spiro atoms. The minimum absolute atomic E-state index is 0.220. The van der Waals surface area contributed by atoms with Crippen molar-refractivity contribution in [2.24, 2.45) is 0 Å². The number of carbonyl (C=O) groups excluding carboxylic acids is 1. The van der Waals surface area contributed by atoms with Crippen LogP contribution in [0, 0.1) is 0 Å². The number of para-hydroxylation sites is 1. The number of methoxy groups -OCH3 is 3. The normalized spacial score (nSPS) is 10.5. The minimum Gasteiger partial charge on any atom is -0.493 e. The predicted octanol–water partition coefficient (Wildman–Crippen LogP) is 3.78. The zero-order valence-corrected chi connectivity index (χ0v) is 15.3. The molecule has 7 heteroatoms. The first-order valence-electron chi connectivity index (χ1n) is 7.73. The summed E-state index contributed by atoms with van der Waals surface area (Å²) in [5.41, 5.74) is 1.51. The Balaban J connectivity index is 1.99. The third-order valence-electron chi connectivity index (χ3n) is 3.87. The Bertz CT molecular complexity index is 927.